The van der Waals surface area contributed by atoms with Gasteiger partial charge in [-0.2, -0.15) is 0 Å². The lowest BCUT2D eigenvalue weighted by atomic mass is 9.96. The van der Waals surface area contributed by atoms with Gasteiger partial charge in [0.25, 0.3) is 0 Å². The number of hydrogen-bond donors (Lipinski definition) is 2. The van der Waals surface area contributed by atoms with Crippen LogP contribution >= 0.6 is 15.9 Å². The van der Waals surface area contributed by atoms with Crippen molar-refractivity contribution >= 4 is 21.6 Å². The van der Waals surface area contributed by atoms with E-state index in [1.807, 2.05) is 0 Å². The Labute approximate surface area is 111 Å². The molecule has 1 aromatic rings. The van der Waals surface area contributed by atoms with Crippen molar-refractivity contribution in [2.24, 2.45) is 5.73 Å². The highest BCUT2D eigenvalue weighted by Gasteiger charge is 2.39. The first-order chi connectivity index (χ1) is 8.04. The minimum absolute atomic E-state index is 0.0159. The van der Waals surface area contributed by atoms with Crippen molar-refractivity contribution in [2.75, 3.05) is 25.5 Å². The molecule has 0 spiro atoms. The highest BCUT2D eigenvalue weighted by Crippen LogP contribution is 2.29. The number of anilines is 1. The average Bonchev–Trinajstić information content (AvgIpc) is 2.59. The summed E-state index contributed by atoms with van der Waals surface area (Å²) in [6, 6.07) is 8.86. The van der Waals surface area contributed by atoms with Crippen LogP contribution in [0.25, 0.3) is 0 Å². The second-order valence-electron chi connectivity index (χ2n) is 5.08. The molecule has 0 aromatic heterocycles. The summed E-state index contributed by atoms with van der Waals surface area (Å²) in [4.78, 5) is 2.36. The predicted molar refractivity (Wildman–Crippen MR) is 76.3 cm³/mol. The zero-order chi connectivity index (χ0) is 12.5. The van der Waals surface area contributed by atoms with E-state index in [2.05, 4.69) is 64.4 Å². The Balaban J connectivity index is 2.13. The third kappa shape index (κ3) is 2.81. The molecule has 1 heterocycles. The van der Waals surface area contributed by atoms with Crippen LogP contribution in [0.1, 0.15) is 13.3 Å². The number of likely N-dealkylation sites (tertiary alicyclic amines) is 1. The molecule has 17 heavy (non-hydrogen) atoms. The van der Waals surface area contributed by atoms with Gasteiger partial charge in [0.2, 0.25) is 0 Å². The number of rotatable bonds is 3. The first kappa shape index (κ1) is 12.9. The van der Waals surface area contributed by atoms with Crippen LogP contribution in [0.2, 0.25) is 0 Å². The van der Waals surface area contributed by atoms with Gasteiger partial charge < -0.3 is 16.0 Å². The van der Waals surface area contributed by atoms with Crippen LogP contribution in [0.3, 0.4) is 0 Å². The third-order valence-electron chi connectivity index (χ3n) is 3.64. The molecule has 0 radical (unpaired) electrons. The highest BCUT2D eigenvalue weighted by molar-refractivity contribution is 9.10. The van der Waals surface area contributed by atoms with Crippen molar-refractivity contribution in [2.45, 2.75) is 24.9 Å². The largest absolute Gasteiger partial charge is 0.377 e. The fourth-order valence-corrected chi connectivity index (χ4v) is 2.81. The maximum atomic E-state index is 5.97. The Morgan fingerprint density at radius 1 is 1.47 bits per heavy atom. The molecule has 1 saturated heterocycles. The number of halogens is 1. The molecule has 1 aliphatic heterocycles. The van der Waals surface area contributed by atoms with Gasteiger partial charge in [0.15, 0.2) is 0 Å². The second kappa shape index (κ2) is 4.96. The lowest BCUT2D eigenvalue weighted by Gasteiger charge is -2.30. The molecule has 1 aliphatic rings. The van der Waals surface area contributed by atoms with Gasteiger partial charge >= 0.3 is 0 Å². The van der Waals surface area contributed by atoms with Crippen LogP contribution in [0.4, 0.5) is 5.69 Å². The van der Waals surface area contributed by atoms with Crippen molar-refractivity contribution in [3.05, 3.63) is 28.7 Å². The maximum absolute atomic E-state index is 5.97. The second-order valence-corrected chi connectivity index (χ2v) is 6.00. The topological polar surface area (TPSA) is 41.3 Å². The Hall–Kier alpha value is -0.580. The Bertz CT molecular complexity index is 367. The molecule has 3 nitrogen and oxygen atoms in total. The number of likely N-dealkylation sites (N-methyl/N-ethyl adjacent to an activating group) is 1. The molecule has 1 aromatic carbocycles. The van der Waals surface area contributed by atoms with Crippen molar-refractivity contribution in [1.82, 2.24) is 4.90 Å². The van der Waals surface area contributed by atoms with Crippen molar-refractivity contribution in [1.29, 1.82) is 0 Å². The first-order valence-electron chi connectivity index (χ1n) is 5.99. The summed E-state index contributed by atoms with van der Waals surface area (Å²) in [6.07, 6.45) is 1.09. The quantitative estimate of drug-likeness (QED) is 0.899. The van der Waals surface area contributed by atoms with Gasteiger partial charge in [-0.05, 0) is 44.7 Å². The van der Waals surface area contributed by atoms with Gasteiger partial charge in [0.05, 0.1) is 5.54 Å². The standard InChI is InChI=1S/C13H20BrN3/c1-10-7-13(8-15,9-17(10)2)16-12-5-3-11(14)4-6-12/h3-6,10,16H,7-9,15H2,1-2H3. The summed E-state index contributed by atoms with van der Waals surface area (Å²) >= 11 is 3.45. The van der Waals surface area contributed by atoms with E-state index in [4.69, 9.17) is 5.73 Å². The van der Waals surface area contributed by atoms with E-state index in [0.717, 1.165) is 23.1 Å². The van der Waals surface area contributed by atoms with E-state index in [1.165, 1.54) is 0 Å². The van der Waals surface area contributed by atoms with Gasteiger partial charge in [0, 0.05) is 29.3 Å². The molecule has 0 saturated carbocycles. The monoisotopic (exact) mass is 297 g/mol. The zero-order valence-corrected chi connectivity index (χ0v) is 12.0. The molecule has 0 amide bonds. The number of nitrogens with two attached hydrogens (primary N) is 1. The fourth-order valence-electron chi connectivity index (χ4n) is 2.55. The molecule has 3 N–H and O–H groups in total. The molecule has 4 heteroatoms. The predicted octanol–water partition coefficient (Wildman–Crippen LogP) is 2.28. The molecule has 0 bridgehead atoms. The summed E-state index contributed by atoms with van der Waals surface area (Å²) in [5.41, 5.74) is 7.13. The molecular formula is C13H20BrN3. The number of hydrogen-bond acceptors (Lipinski definition) is 3. The molecule has 1 fully saturated rings. The Kier molecular flexibility index (Phi) is 3.76. The van der Waals surface area contributed by atoms with Crippen molar-refractivity contribution in [3.63, 3.8) is 0 Å². The van der Waals surface area contributed by atoms with Gasteiger partial charge in [-0.25, -0.2) is 0 Å². The van der Waals surface area contributed by atoms with Crippen LogP contribution < -0.4 is 11.1 Å². The van der Waals surface area contributed by atoms with Crippen LogP contribution in [0.5, 0.6) is 0 Å². The molecule has 94 valence electrons. The van der Waals surface area contributed by atoms with E-state index in [0.29, 0.717) is 12.6 Å². The highest BCUT2D eigenvalue weighted by atomic mass is 79.9. The summed E-state index contributed by atoms with van der Waals surface area (Å²) < 4.78 is 1.10. The lowest BCUT2D eigenvalue weighted by Crippen LogP contribution is -2.47. The summed E-state index contributed by atoms with van der Waals surface area (Å²) in [6.45, 7) is 3.92. The maximum Gasteiger partial charge on any atom is 0.0636 e. The summed E-state index contributed by atoms with van der Waals surface area (Å²) in [5, 5.41) is 3.60. The zero-order valence-electron chi connectivity index (χ0n) is 10.4. The minimum Gasteiger partial charge on any atom is -0.377 e. The summed E-state index contributed by atoms with van der Waals surface area (Å²) in [7, 11) is 2.16. The van der Waals surface area contributed by atoms with E-state index in [9.17, 15) is 0 Å². The molecule has 2 atom stereocenters. The van der Waals surface area contributed by atoms with E-state index < -0.39 is 0 Å². The minimum atomic E-state index is 0.0159. The molecule has 2 rings (SSSR count). The van der Waals surface area contributed by atoms with Crippen molar-refractivity contribution in [3.8, 4) is 0 Å². The lowest BCUT2D eigenvalue weighted by molar-refractivity contribution is 0.323. The Morgan fingerprint density at radius 2 is 2.12 bits per heavy atom. The molecular weight excluding hydrogens is 278 g/mol. The van der Waals surface area contributed by atoms with Gasteiger partial charge in [-0.1, -0.05) is 15.9 Å². The van der Waals surface area contributed by atoms with Gasteiger partial charge in [0.1, 0.15) is 0 Å². The van der Waals surface area contributed by atoms with E-state index in [-0.39, 0.29) is 5.54 Å². The smallest absolute Gasteiger partial charge is 0.0636 e. The normalized spacial score (nSPS) is 29.5. The average molecular weight is 298 g/mol. The number of nitrogens with zero attached hydrogens (tertiary/aromatic N) is 1. The Morgan fingerprint density at radius 3 is 2.59 bits per heavy atom. The van der Waals surface area contributed by atoms with Crippen LogP contribution in [-0.2, 0) is 0 Å². The van der Waals surface area contributed by atoms with E-state index >= 15 is 0 Å². The number of nitrogens with one attached hydrogen (secondary N) is 1. The van der Waals surface area contributed by atoms with Gasteiger partial charge in [-0.15, -0.1) is 0 Å². The fraction of sp³-hybridized carbons (Fsp3) is 0.538. The third-order valence-corrected chi connectivity index (χ3v) is 4.16. The SMILES string of the molecule is CC1CC(CN)(Nc2ccc(Br)cc2)CN1C. The van der Waals surface area contributed by atoms with E-state index in [1.54, 1.807) is 0 Å². The van der Waals surface area contributed by atoms with Gasteiger partial charge in [-0.3, -0.25) is 0 Å². The van der Waals surface area contributed by atoms with Crippen LogP contribution in [0.15, 0.2) is 28.7 Å². The van der Waals surface area contributed by atoms with Crippen LogP contribution in [0, 0.1) is 0 Å². The molecule has 0 aliphatic carbocycles. The van der Waals surface area contributed by atoms with Crippen LogP contribution in [-0.4, -0.2) is 36.6 Å². The number of benzene rings is 1. The first-order valence-corrected chi connectivity index (χ1v) is 6.78. The summed E-state index contributed by atoms with van der Waals surface area (Å²) in [5.74, 6) is 0. The van der Waals surface area contributed by atoms with Crippen molar-refractivity contribution < 1.29 is 0 Å². The molecule has 2 unspecified atom stereocenters.